The number of hydrogen-bond donors (Lipinski definition) is 1. The van der Waals surface area contributed by atoms with Crippen molar-refractivity contribution in [1.82, 2.24) is 15.2 Å². The fourth-order valence-electron chi connectivity index (χ4n) is 3.39. The van der Waals surface area contributed by atoms with E-state index in [1.54, 1.807) is 0 Å². The lowest BCUT2D eigenvalue weighted by Gasteiger charge is -2.37. The minimum atomic E-state index is 0.450. The van der Waals surface area contributed by atoms with Gasteiger partial charge in [-0.05, 0) is 71.3 Å². The monoisotopic (exact) mass is 275 g/mol. The van der Waals surface area contributed by atoms with Gasteiger partial charge in [0, 0.05) is 12.2 Å². The summed E-state index contributed by atoms with van der Waals surface area (Å²) in [6.07, 6.45) is 5.94. The van der Waals surface area contributed by atoms with Crippen LogP contribution >= 0.6 is 0 Å². The molecule has 0 saturated carbocycles. The number of pyridine rings is 1. The molecular formula is C17H29N3. The van der Waals surface area contributed by atoms with E-state index in [-0.39, 0.29) is 0 Å². The van der Waals surface area contributed by atoms with Crippen molar-refractivity contribution in [2.45, 2.75) is 52.1 Å². The average molecular weight is 275 g/mol. The van der Waals surface area contributed by atoms with Crippen LogP contribution in [0, 0.1) is 12.8 Å². The number of nitrogens with one attached hydrogen (secondary N) is 1. The molecule has 2 heterocycles. The van der Waals surface area contributed by atoms with Gasteiger partial charge in [-0.2, -0.15) is 0 Å². The minimum Gasteiger partial charge on any atom is -0.319 e. The van der Waals surface area contributed by atoms with E-state index in [2.05, 4.69) is 50.2 Å². The van der Waals surface area contributed by atoms with Gasteiger partial charge >= 0.3 is 0 Å². The van der Waals surface area contributed by atoms with Gasteiger partial charge in [-0.15, -0.1) is 0 Å². The van der Waals surface area contributed by atoms with Crippen molar-refractivity contribution in [2.24, 2.45) is 5.92 Å². The van der Waals surface area contributed by atoms with Crippen LogP contribution in [-0.2, 0) is 0 Å². The van der Waals surface area contributed by atoms with Crippen LogP contribution < -0.4 is 5.32 Å². The molecule has 0 amide bonds. The van der Waals surface area contributed by atoms with Gasteiger partial charge in [0.2, 0.25) is 0 Å². The lowest BCUT2D eigenvalue weighted by molar-refractivity contribution is 0.115. The number of rotatable bonds is 4. The minimum absolute atomic E-state index is 0.450. The smallest absolute Gasteiger partial charge is 0.0579 e. The summed E-state index contributed by atoms with van der Waals surface area (Å²) < 4.78 is 0. The fraction of sp³-hybridized carbons (Fsp3) is 0.706. The van der Waals surface area contributed by atoms with E-state index in [4.69, 9.17) is 4.98 Å². The van der Waals surface area contributed by atoms with E-state index >= 15 is 0 Å². The molecule has 1 aliphatic rings. The quantitative estimate of drug-likeness (QED) is 0.915. The lowest BCUT2D eigenvalue weighted by Crippen LogP contribution is -2.40. The number of hydrogen-bond acceptors (Lipinski definition) is 3. The van der Waals surface area contributed by atoms with E-state index in [9.17, 15) is 0 Å². The van der Waals surface area contributed by atoms with Crippen LogP contribution in [0.15, 0.2) is 18.3 Å². The molecule has 1 N–H and O–H groups in total. The van der Waals surface area contributed by atoms with Crippen molar-refractivity contribution in [3.05, 3.63) is 29.6 Å². The van der Waals surface area contributed by atoms with Gasteiger partial charge in [-0.3, -0.25) is 9.88 Å². The van der Waals surface area contributed by atoms with Crippen molar-refractivity contribution in [3.8, 4) is 0 Å². The van der Waals surface area contributed by atoms with Crippen molar-refractivity contribution in [1.29, 1.82) is 0 Å². The number of nitrogens with zero attached hydrogens (tertiary/aromatic N) is 2. The average Bonchev–Trinajstić information content (AvgIpc) is 2.63. The zero-order valence-corrected chi connectivity index (χ0v) is 13.4. The SMILES string of the molecule is CNCC1CCCCN(C(C)C)C1c1ccc(C)cn1. The molecule has 2 atom stereocenters. The maximum absolute atomic E-state index is 4.74. The molecule has 3 heteroatoms. The first-order valence-corrected chi connectivity index (χ1v) is 7.96. The molecule has 1 aliphatic heterocycles. The Labute approximate surface area is 123 Å². The highest BCUT2D eigenvalue weighted by Gasteiger charge is 2.32. The largest absolute Gasteiger partial charge is 0.319 e. The number of aryl methyl sites for hydroxylation is 1. The Bertz CT molecular complexity index is 399. The van der Waals surface area contributed by atoms with E-state index in [0.717, 1.165) is 6.54 Å². The number of likely N-dealkylation sites (tertiary alicyclic amines) is 1. The van der Waals surface area contributed by atoms with Crippen molar-refractivity contribution in [3.63, 3.8) is 0 Å². The second-order valence-electron chi connectivity index (χ2n) is 6.35. The first-order chi connectivity index (χ1) is 9.63. The lowest BCUT2D eigenvalue weighted by atomic mass is 9.91. The third-order valence-corrected chi connectivity index (χ3v) is 4.41. The molecule has 0 aromatic carbocycles. The third kappa shape index (κ3) is 3.58. The predicted octanol–water partition coefficient (Wildman–Crippen LogP) is 3.16. The summed E-state index contributed by atoms with van der Waals surface area (Å²) in [5, 5.41) is 3.38. The maximum atomic E-state index is 4.74. The van der Waals surface area contributed by atoms with Gasteiger partial charge in [-0.1, -0.05) is 12.5 Å². The molecule has 2 unspecified atom stereocenters. The van der Waals surface area contributed by atoms with E-state index < -0.39 is 0 Å². The predicted molar refractivity (Wildman–Crippen MR) is 84.8 cm³/mol. The Kier molecular flexibility index (Phi) is 5.55. The summed E-state index contributed by atoms with van der Waals surface area (Å²) >= 11 is 0. The topological polar surface area (TPSA) is 28.2 Å². The van der Waals surface area contributed by atoms with E-state index in [1.807, 2.05) is 6.20 Å². The Morgan fingerprint density at radius 3 is 2.75 bits per heavy atom. The summed E-state index contributed by atoms with van der Waals surface area (Å²) in [5.41, 5.74) is 2.48. The molecule has 0 bridgehead atoms. The van der Waals surface area contributed by atoms with E-state index in [0.29, 0.717) is 18.0 Å². The van der Waals surface area contributed by atoms with Gasteiger partial charge < -0.3 is 5.32 Å². The first kappa shape index (κ1) is 15.5. The Morgan fingerprint density at radius 2 is 2.15 bits per heavy atom. The highest BCUT2D eigenvalue weighted by molar-refractivity contribution is 5.16. The first-order valence-electron chi connectivity index (χ1n) is 7.96. The molecule has 0 aliphatic carbocycles. The molecule has 1 aromatic rings. The van der Waals surface area contributed by atoms with Crippen molar-refractivity contribution in [2.75, 3.05) is 20.1 Å². The van der Waals surface area contributed by atoms with Gasteiger partial charge in [0.05, 0.1) is 11.7 Å². The molecule has 2 rings (SSSR count). The second kappa shape index (κ2) is 7.19. The standard InChI is InChI=1S/C17H29N3/c1-13(2)20-10-6-5-7-15(12-18-4)17(20)16-9-8-14(3)11-19-16/h8-9,11,13,15,17-18H,5-7,10,12H2,1-4H3. The molecule has 20 heavy (non-hydrogen) atoms. The molecule has 1 aromatic heterocycles. The van der Waals surface area contributed by atoms with Crippen molar-refractivity contribution >= 4 is 0 Å². The van der Waals surface area contributed by atoms with Crippen LogP contribution in [0.4, 0.5) is 0 Å². The molecule has 1 saturated heterocycles. The van der Waals surface area contributed by atoms with Crippen LogP contribution in [0.25, 0.3) is 0 Å². The van der Waals surface area contributed by atoms with Crippen LogP contribution in [0.2, 0.25) is 0 Å². The summed E-state index contributed by atoms with van der Waals surface area (Å²) in [7, 11) is 2.06. The molecule has 112 valence electrons. The van der Waals surface area contributed by atoms with Gasteiger partial charge in [-0.25, -0.2) is 0 Å². The highest BCUT2D eigenvalue weighted by Crippen LogP contribution is 2.35. The van der Waals surface area contributed by atoms with Crippen LogP contribution in [0.5, 0.6) is 0 Å². The summed E-state index contributed by atoms with van der Waals surface area (Å²) in [5.74, 6) is 0.653. The Hall–Kier alpha value is -0.930. The molecular weight excluding hydrogens is 246 g/mol. The van der Waals surface area contributed by atoms with Crippen molar-refractivity contribution < 1.29 is 0 Å². The molecule has 1 fully saturated rings. The van der Waals surface area contributed by atoms with Crippen LogP contribution in [-0.4, -0.2) is 36.1 Å². The Morgan fingerprint density at radius 1 is 1.35 bits per heavy atom. The van der Waals surface area contributed by atoms with Gasteiger partial charge in [0.1, 0.15) is 0 Å². The fourth-order valence-corrected chi connectivity index (χ4v) is 3.39. The molecule has 0 radical (unpaired) electrons. The highest BCUT2D eigenvalue weighted by atomic mass is 15.2. The second-order valence-corrected chi connectivity index (χ2v) is 6.35. The zero-order chi connectivity index (χ0) is 14.5. The van der Waals surface area contributed by atoms with Crippen LogP contribution in [0.1, 0.15) is 50.4 Å². The zero-order valence-electron chi connectivity index (χ0n) is 13.4. The van der Waals surface area contributed by atoms with Gasteiger partial charge in [0.25, 0.3) is 0 Å². The summed E-state index contributed by atoms with van der Waals surface area (Å²) in [4.78, 5) is 7.38. The van der Waals surface area contributed by atoms with Gasteiger partial charge in [0.15, 0.2) is 0 Å². The molecule has 0 spiro atoms. The number of aromatic nitrogens is 1. The Balaban J connectivity index is 2.33. The maximum Gasteiger partial charge on any atom is 0.0579 e. The third-order valence-electron chi connectivity index (χ3n) is 4.41. The normalized spacial score (nSPS) is 24.9. The summed E-state index contributed by atoms with van der Waals surface area (Å²) in [6.45, 7) is 8.99. The molecule has 3 nitrogen and oxygen atoms in total. The summed E-state index contributed by atoms with van der Waals surface area (Å²) in [6, 6.07) is 5.44. The van der Waals surface area contributed by atoms with E-state index in [1.165, 1.54) is 37.1 Å². The van der Waals surface area contributed by atoms with Crippen LogP contribution in [0.3, 0.4) is 0 Å².